The van der Waals surface area contributed by atoms with Gasteiger partial charge in [0.05, 0.1) is 10.6 Å². The highest BCUT2D eigenvalue weighted by Crippen LogP contribution is 2.43. The fourth-order valence-electron chi connectivity index (χ4n) is 2.82. The Morgan fingerprint density at radius 3 is 2.62 bits per heavy atom. The van der Waals surface area contributed by atoms with E-state index in [-0.39, 0.29) is 11.7 Å². The van der Waals surface area contributed by atoms with Gasteiger partial charge in [-0.05, 0) is 38.5 Å². The largest absolute Gasteiger partial charge is 0.396 e. The number of carbonyl (C=O) groups excluding carboxylic acids is 1. The molecule has 0 bridgehead atoms. The lowest BCUT2D eigenvalue weighted by Gasteiger charge is -2.32. The van der Waals surface area contributed by atoms with Crippen molar-refractivity contribution in [3.05, 3.63) is 10.4 Å². The molecular formula is C16H21N3OS. The van der Waals surface area contributed by atoms with E-state index in [4.69, 9.17) is 5.73 Å². The van der Waals surface area contributed by atoms with Gasteiger partial charge in [0.15, 0.2) is 5.78 Å². The van der Waals surface area contributed by atoms with Crippen LogP contribution in [0, 0.1) is 23.2 Å². The Balaban J connectivity index is 1.90. The van der Waals surface area contributed by atoms with Crippen molar-refractivity contribution in [3.8, 4) is 6.07 Å². The van der Waals surface area contributed by atoms with Crippen LogP contribution in [0.2, 0.25) is 0 Å². The van der Waals surface area contributed by atoms with Crippen LogP contribution in [0.3, 0.4) is 0 Å². The van der Waals surface area contributed by atoms with Crippen LogP contribution in [0.4, 0.5) is 10.7 Å². The number of carbonyl (C=O) groups is 1. The van der Waals surface area contributed by atoms with E-state index in [1.807, 2.05) is 0 Å². The number of nitriles is 1. The molecule has 0 aromatic carbocycles. The Morgan fingerprint density at radius 2 is 2.14 bits per heavy atom. The predicted molar refractivity (Wildman–Crippen MR) is 85.7 cm³/mol. The van der Waals surface area contributed by atoms with E-state index in [2.05, 4.69) is 17.9 Å². The molecule has 2 aliphatic carbocycles. The molecular weight excluding hydrogens is 282 g/mol. The lowest BCUT2D eigenvalue weighted by atomic mass is 9.85. The smallest absolute Gasteiger partial charge is 0.178 e. The number of nitrogen functional groups attached to an aromatic ring is 1. The predicted octanol–water partition coefficient (Wildman–Crippen LogP) is 3.42. The van der Waals surface area contributed by atoms with Crippen molar-refractivity contribution in [1.82, 2.24) is 0 Å². The van der Waals surface area contributed by atoms with Gasteiger partial charge in [-0.1, -0.05) is 6.42 Å². The summed E-state index contributed by atoms with van der Waals surface area (Å²) in [5, 5.41) is 10.3. The zero-order chi connectivity index (χ0) is 15.0. The number of nitrogens with two attached hydrogens (primary N) is 1. The second-order valence-electron chi connectivity index (χ2n) is 6.11. The van der Waals surface area contributed by atoms with E-state index in [0.717, 1.165) is 36.9 Å². The number of hydrogen-bond donors (Lipinski definition) is 1. The van der Waals surface area contributed by atoms with Gasteiger partial charge in [-0.25, -0.2) is 0 Å². The monoisotopic (exact) mass is 303 g/mol. The normalized spacial score (nSPS) is 18.1. The average molecular weight is 303 g/mol. The van der Waals surface area contributed by atoms with Crippen molar-refractivity contribution in [1.29, 1.82) is 5.26 Å². The molecule has 5 heteroatoms. The summed E-state index contributed by atoms with van der Waals surface area (Å²) in [6.07, 6.45) is 5.78. The van der Waals surface area contributed by atoms with Crippen molar-refractivity contribution in [2.45, 2.75) is 39.0 Å². The van der Waals surface area contributed by atoms with Gasteiger partial charge in [0.25, 0.3) is 0 Å². The summed E-state index contributed by atoms with van der Waals surface area (Å²) in [6, 6.07) is 2.21. The van der Waals surface area contributed by atoms with Gasteiger partial charge in [0, 0.05) is 19.0 Å². The van der Waals surface area contributed by atoms with E-state index in [9.17, 15) is 10.1 Å². The standard InChI is InChI=1S/C16H21N3OS/c1-2-19(9-10-4-3-5-10)16-12(8-17)13(18)15(21-16)14(20)11-6-7-11/h10-11H,2-7,9,18H2,1H3. The van der Waals surface area contributed by atoms with Crippen LogP contribution in [0.25, 0.3) is 0 Å². The first-order valence-electron chi connectivity index (χ1n) is 7.77. The van der Waals surface area contributed by atoms with Gasteiger partial charge in [-0.15, -0.1) is 11.3 Å². The number of nitrogens with zero attached hydrogens (tertiary/aromatic N) is 2. The minimum Gasteiger partial charge on any atom is -0.396 e. The number of anilines is 2. The maximum atomic E-state index is 12.3. The van der Waals surface area contributed by atoms with Gasteiger partial charge in [0.1, 0.15) is 16.6 Å². The van der Waals surface area contributed by atoms with Crippen molar-refractivity contribution >= 4 is 27.8 Å². The van der Waals surface area contributed by atoms with Gasteiger partial charge in [0.2, 0.25) is 0 Å². The summed E-state index contributed by atoms with van der Waals surface area (Å²) in [4.78, 5) is 15.1. The van der Waals surface area contributed by atoms with E-state index < -0.39 is 0 Å². The fourth-order valence-corrected chi connectivity index (χ4v) is 4.08. The van der Waals surface area contributed by atoms with Gasteiger partial charge >= 0.3 is 0 Å². The van der Waals surface area contributed by atoms with Crippen LogP contribution in [0.1, 0.15) is 54.3 Å². The Morgan fingerprint density at radius 1 is 1.43 bits per heavy atom. The van der Waals surface area contributed by atoms with Crippen molar-refractivity contribution < 1.29 is 4.79 Å². The highest BCUT2D eigenvalue weighted by atomic mass is 32.1. The number of rotatable bonds is 6. The van der Waals surface area contributed by atoms with E-state index in [1.165, 1.54) is 30.6 Å². The first-order valence-corrected chi connectivity index (χ1v) is 8.58. The van der Waals surface area contributed by atoms with Gasteiger partial charge < -0.3 is 10.6 Å². The molecule has 2 N–H and O–H groups in total. The molecule has 2 aliphatic rings. The molecule has 1 aromatic rings. The van der Waals surface area contributed by atoms with Crippen molar-refractivity contribution in [2.75, 3.05) is 23.7 Å². The maximum Gasteiger partial charge on any atom is 0.178 e. The number of thiophene rings is 1. The molecule has 21 heavy (non-hydrogen) atoms. The molecule has 0 amide bonds. The van der Waals surface area contributed by atoms with E-state index in [0.29, 0.717) is 16.1 Å². The lowest BCUT2D eigenvalue weighted by molar-refractivity contribution is 0.0972. The molecule has 0 saturated heterocycles. The molecule has 1 aromatic heterocycles. The average Bonchev–Trinajstić information content (AvgIpc) is 3.22. The third-order valence-corrected chi connectivity index (χ3v) is 5.86. The highest BCUT2D eigenvalue weighted by molar-refractivity contribution is 7.19. The summed E-state index contributed by atoms with van der Waals surface area (Å²) >= 11 is 1.43. The quantitative estimate of drug-likeness (QED) is 0.817. The van der Waals surface area contributed by atoms with Gasteiger partial charge in [-0.3, -0.25) is 4.79 Å². The van der Waals surface area contributed by atoms with E-state index >= 15 is 0 Å². The Kier molecular flexibility index (Phi) is 3.90. The second-order valence-corrected chi connectivity index (χ2v) is 7.11. The molecule has 0 unspecified atom stereocenters. The van der Waals surface area contributed by atoms with Gasteiger partial charge in [-0.2, -0.15) is 5.26 Å². The molecule has 1 heterocycles. The Bertz CT molecular complexity index is 593. The fraction of sp³-hybridized carbons (Fsp3) is 0.625. The molecule has 4 nitrogen and oxygen atoms in total. The number of hydrogen-bond acceptors (Lipinski definition) is 5. The molecule has 2 fully saturated rings. The minimum atomic E-state index is 0.139. The molecule has 2 saturated carbocycles. The third kappa shape index (κ3) is 2.65. The van der Waals surface area contributed by atoms with Crippen LogP contribution < -0.4 is 10.6 Å². The Hall–Kier alpha value is -1.54. The molecule has 0 aliphatic heterocycles. The van der Waals surface area contributed by atoms with Crippen LogP contribution >= 0.6 is 11.3 Å². The first kappa shape index (κ1) is 14.4. The van der Waals surface area contributed by atoms with Crippen LogP contribution in [-0.2, 0) is 0 Å². The third-order valence-electron chi connectivity index (χ3n) is 4.58. The zero-order valence-electron chi connectivity index (χ0n) is 12.4. The minimum absolute atomic E-state index is 0.139. The SMILES string of the molecule is CCN(CC1CCC1)c1sc(C(=O)C2CC2)c(N)c1C#N. The van der Waals surface area contributed by atoms with Crippen molar-refractivity contribution in [3.63, 3.8) is 0 Å². The summed E-state index contributed by atoms with van der Waals surface area (Å²) in [5.74, 6) is 1.01. The number of ketones is 1. The van der Waals surface area contributed by atoms with Crippen LogP contribution in [-0.4, -0.2) is 18.9 Å². The summed E-state index contributed by atoms with van der Waals surface area (Å²) in [6.45, 7) is 3.92. The molecule has 0 radical (unpaired) electrons. The first-order chi connectivity index (χ1) is 10.2. The summed E-state index contributed by atoms with van der Waals surface area (Å²) < 4.78 is 0. The second kappa shape index (κ2) is 5.69. The summed E-state index contributed by atoms with van der Waals surface area (Å²) in [7, 11) is 0. The van der Waals surface area contributed by atoms with Crippen molar-refractivity contribution in [2.24, 2.45) is 11.8 Å². The Labute approximate surface area is 129 Å². The highest BCUT2D eigenvalue weighted by Gasteiger charge is 2.35. The molecule has 0 spiro atoms. The maximum absolute atomic E-state index is 12.3. The molecule has 112 valence electrons. The van der Waals surface area contributed by atoms with E-state index in [1.54, 1.807) is 0 Å². The van der Waals surface area contributed by atoms with Crippen LogP contribution in [0.5, 0.6) is 0 Å². The molecule has 3 rings (SSSR count). The number of Topliss-reactive ketones (excluding diaryl/α,β-unsaturated/α-hetero) is 1. The zero-order valence-corrected chi connectivity index (χ0v) is 13.2. The lowest BCUT2D eigenvalue weighted by Crippen LogP contribution is -2.32. The molecule has 0 atom stereocenters. The topological polar surface area (TPSA) is 70.1 Å². The van der Waals surface area contributed by atoms with Crippen LogP contribution in [0.15, 0.2) is 0 Å². The summed E-state index contributed by atoms with van der Waals surface area (Å²) in [5.41, 5.74) is 7.00.